The second kappa shape index (κ2) is 8.90. The Labute approximate surface area is 187 Å². The minimum atomic E-state index is -0.392. The van der Waals surface area contributed by atoms with E-state index in [9.17, 15) is 9.59 Å². The lowest BCUT2D eigenvalue weighted by Gasteiger charge is -2.50. The van der Waals surface area contributed by atoms with Gasteiger partial charge in [-0.05, 0) is 30.2 Å². The zero-order valence-electron chi connectivity index (χ0n) is 18.2. The molecule has 31 heavy (non-hydrogen) atoms. The van der Waals surface area contributed by atoms with Crippen LogP contribution in [0.4, 0.5) is 4.79 Å². The Hall–Kier alpha value is -2.55. The maximum Gasteiger partial charge on any atom is 0.327 e. The number of ether oxygens (including phenoxy) is 1. The summed E-state index contributed by atoms with van der Waals surface area (Å²) in [5, 5.41) is 6.91. The third-order valence-electron chi connectivity index (χ3n) is 5.92. The van der Waals surface area contributed by atoms with Gasteiger partial charge in [-0.2, -0.15) is 0 Å². The topological polar surface area (TPSA) is 73.9 Å². The number of nitrogens with zero attached hydrogens (tertiary/aromatic N) is 2. The second-order valence-corrected chi connectivity index (χ2v) is 9.15. The average molecular weight is 441 g/mol. The molecular formula is C23H28N4O3S. The molecule has 4 unspecified atom stereocenters. The van der Waals surface area contributed by atoms with E-state index in [0.29, 0.717) is 0 Å². The van der Waals surface area contributed by atoms with E-state index in [1.54, 1.807) is 37.9 Å². The molecule has 8 heteroatoms. The van der Waals surface area contributed by atoms with Gasteiger partial charge in [0.15, 0.2) is 0 Å². The molecule has 2 aromatic carbocycles. The third kappa shape index (κ3) is 4.28. The molecule has 0 radical (unpaired) electrons. The number of imide groups is 1. The molecule has 0 aliphatic carbocycles. The van der Waals surface area contributed by atoms with E-state index in [1.807, 2.05) is 24.3 Å². The van der Waals surface area contributed by atoms with Crippen molar-refractivity contribution < 1.29 is 14.3 Å². The van der Waals surface area contributed by atoms with E-state index in [-0.39, 0.29) is 29.6 Å². The highest BCUT2D eigenvalue weighted by Gasteiger charge is 2.50. The summed E-state index contributed by atoms with van der Waals surface area (Å²) in [6.45, 7) is 2.08. The van der Waals surface area contributed by atoms with Crippen molar-refractivity contribution in [2.24, 2.45) is 5.92 Å². The third-order valence-corrected chi connectivity index (χ3v) is 7.21. The highest BCUT2D eigenvalue weighted by atomic mass is 32.2. The number of methoxy groups -OCH3 is 1. The summed E-state index contributed by atoms with van der Waals surface area (Å²) in [5.41, 5.74) is 3.45. The van der Waals surface area contributed by atoms with Crippen LogP contribution in [0.15, 0.2) is 48.5 Å². The molecule has 2 aromatic rings. The van der Waals surface area contributed by atoms with Crippen LogP contribution in [0.2, 0.25) is 0 Å². The minimum absolute atomic E-state index is 0.163. The summed E-state index contributed by atoms with van der Waals surface area (Å²) in [4.78, 5) is 28.5. The number of carbonyl (C=O) groups excluding carboxylic acids is 2. The van der Waals surface area contributed by atoms with Crippen LogP contribution in [0.3, 0.4) is 0 Å². The standard InChI is InChI=1S/C23H28N4O3S/c1-14-6-5-7-15(12-14)13-31-21-18-20(26(2)23(29)27(3)22(18)28)24-19(25-21)16-8-10-17(30-4)11-9-16/h5-12,18-21,24-25H,13H2,1-4H3. The van der Waals surface area contributed by atoms with Gasteiger partial charge in [0, 0.05) is 19.8 Å². The molecule has 0 aromatic heterocycles. The Morgan fingerprint density at radius 2 is 1.81 bits per heavy atom. The van der Waals surface area contributed by atoms with Gasteiger partial charge in [0.1, 0.15) is 5.75 Å². The molecule has 2 N–H and O–H groups in total. The number of rotatable bonds is 5. The molecule has 2 aliphatic heterocycles. The number of hydrogen-bond acceptors (Lipinski definition) is 6. The van der Waals surface area contributed by atoms with Crippen molar-refractivity contribution in [2.75, 3.05) is 21.2 Å². The average Bonchev–Trinajstić information content (AvgIpc) is 2.79. The maximum atomic E-state index is 13.1. The Morgan fingerprint density at radius 1 is 1.06 bits per heavy atom. The van der Waals surface area contributed by atoms with Crippen LogP contribution in [-0.4, -0.2) is 54.5 Å². The summed E-state index contributed by atoms with van der Waals surface area (Å²) < 4.78 is 5.27. The van der Waals surface area contributed by atoms with Gasteiger partial charge in [-0.3, -0.25) is 20.3 Å². The molecule has 2 aliphatic rings. The molecule has 4 rings (SSSR count). The molecule has 0 spiro atoms. The van der Waals surface area contributed by atoms with E-state index in [0.717, 1.165) is 17.1 Å². The van der Waals surface area contributed by atoms with Crippen LogP contribution in [0.5, 0.6) is 5.75 Å². The van der Waals surface area contributed by atoms with Gasteiger partial charge < -0.3 is 9.64 Å². The fourth-order valence-electron chi connectivity index (χ4n) is 4.18. The first-order valence-electron chi connectivity index (χ1n) is 10.3. The highest BCUT2D eigenvalue weighted by Crippen LogP contribution is 2.35. The van der Waals surface area contributed by atoms with E-state index in [1.165, 1.54) is 16.0 Å². The SMILES string of the molecule is COc1ccc(C2NC(SCc3cccc(C)c3)C3C(=O)N(C)C(=O)N(C)C3N2)cc1. The van der Waals surface area contributed by atoms with Crippen molar-refractivity contribution in [1.29, 1.82) is 0 Å². The van der Waals surface area contributed by atoms with E-state index >= 15 is 0 Å². The Morgan fingerprint density at radius 3 is 2.48 bits per heavy atom. The summed E-state index contributed by atoms with van der Waals surface area (Å²) in [7, 11) is 4.93. The highest BCUT2D eigenvalue weighted by molar-refractivity contribution is 7.99. The predicted molar refractivity (Wildman–Crippen MR) is 121 cm³/mol. The molecule has 164 valence electrons. The summed E-state index contributed by atoms with van der Waals surface area (Å²) in [6.07, 6.45) is -0.590. The van der Waals surface area contributed by atoms with Crippen molar-refractivity contribution in [3.05, 3.63) is 65.2 Å². The first-order chi connectivity index (χ1) is 14.9. The first kappa shape index (κ1) is 21.7. The van der Waals surface area contributed by atoms with Crippen molar-refractivity contribution in [2.45, 2.75) is 30.4 Å². The van der Waals surface area contributed by atoms with Gasteiger partial charge in [0.25, 0.3) is 0 Å². The molecule has 3 amide bonds. The Bertz CT molecular complexity index is 968. The van der Waals surface area contributed by atoms with E-state index in [2.05, 4.69) is 41.8 Å². The molecular weight excluding hydrogens is 412 g/mol. The fourth-order valence-corrected chi connectivity index (χ4v) is 5.43. The minimum Gasteiger partial charge on any atom is -0.497 e. The van der Waals surface area contributed by atoms with Gasteiger partial charge in [0.2, 0.25) is 5.91 Å². The van der Waals surface area contributed by atoms with E-state index < -0.39 is 5.92 Å². The molecule has 4 atom stereocenters. The molecule has 2 heterocycles. The van der Waals surface area contributed by atoms with Crippen LogP contribution < -0.4 is 15.4 Å². The van der Waals surface area contributed by atoms with Gasteiger partial charge in [0.05, 0.1) is 30.7 Å². The number of amides is 3. The smallest absolute Gasteiger partial charge is 0.327 e. The molecule has 2 saturated heterocycles. The lowest BCUT2D eigenvalue weighted by Crippen LogP contribution is -2.72. The monoisotopic (exact) mass is 440 g/mol. The van der Waals surface area contributed by atoms with Crippen molar-refractivity contribution >= 4 is 23.7 Å². The van der Waals surface area contributed by atoms with Crippen LogP contribution in [0.1, 0.15) is 22.9 Å². The first-order valence-corrected chi connectivity index (χ1v) is 11.3. The number of benzene rings is 2. The number of aryl methyl sites for hydroxylation is 1. The van der Waals surface area contributed by atoms with Crippen LogP contribution in [0, 0.1) is 12.8 Å². The zero-order valence-corrected chi connectivity index (χ0v) is 19.0. The quantitative estimate of drug-likeness (QED) is 0.745. The van der Waals surface area contributed by atoms with Crippen LogP contribution in [0.25, 0.3) is 0 Å². The fraction of sp³-hybridized carbons (Fsp3) is 0.391. The number of fused-ring (bicyclic) bond motifs is 1. The Balaban J connectivity index is 1.61. The lowest BCUT2D eigenvalue weighted by atomic mass is 9.96. The zero-order chi connectivity index (χ0) is 22.1. The van der Waals surface area contributed by atoms with Crippen molar-refractivity contribution in [3.8, 4) is 5.75 Å². The molecule has 7 nitrogen and oxygen atoms in total. The van der Waals surface area contributed by atoms with E-state index in [4.69, 9.17) is 4.74 Å². The largest absolute Gasteiger partial charge is 0.497 e. The van der Waals surface area contributed by atoms with Gasteiger partial charge in [-0.25, -0.2) is 4.79 Å². The number of thioether (sulfide) groups is 1. The van der Waals surface area contributed by atoms with Crippen molar-refractivity contribution in [3.63, 3.8) is 0 Å². The number of nitrogens with one attached hydrogen (secondary N) is 2. The predicted octanol–water partition coefficient (Wildman–Crippen LogP) is 2.92. The van der Waals surface area contributed by atoms with Crippen LogP contribution in [-0.2, 0) is 10.5 Å². The number of urea groups is 1. The molecule has 0 saturated carbocycles. The molecule has 0 bridgehead atoms. The molecule has 2 fully saturated rings. The van der Waals surface area contributed by atoms with Gasteiger partial charge in [-0.15, -0.1) is 11.8 Å². The normalized spacial score (nSPS) is 26.1. The summed E-state index contributed by atoms with van der Waals surface area (Å²) >= 11 is 1.70. The summed E-state index contributed by atoms with van der Waals surface area (Å²) in [6, 6.07) is 15.9. The number of carbonyl (C=O) groups is 2. The second-order valence-electron chi connectivity index (χ2n) is 8.02. The van der Waals surface area contributed by atoms with Gasteiger partial charge >= 0.3 is 6.03 Å². The Kier molecular flexibility index (Phi) is 6.22. The van der Waals surface area contributed by atoms with Crippen LogP contribution >= 0.6 is 11.8 Å². The van der Waals surface area contributed by atoms with Crippen molar-refractivity contribution in [1.82, 2.24) is 20.4 Å². The summed E-state index contributed by atoms with van der Waals surface area (Å²) in [5.74, 6) is 0.997. The van der Waals surface area contributed by atoms with Gasteiger partial charge in [-0.1, -0.05) is 42.0 Å². The lowest BCUT2D eigenvalue weighted by molar-refractivity contribution is -0.140. The maximum absolute atomic E-state index is 13.1. The number of hydrogen-bond donors (Lipinski definition) is 2.